The van der Waals surface area contributed by atoms with Crippen LogP contribution in [0.2, 0.25) is 0 Å². The second kappa shape index (κ2) is 6.82. The van der Waals surface area contributed by atoms with E-state index < -0.39 is 0 Å². The molecule has 0 fully saturated rings. The summed E-state index contributed by atoms with van der Waals surface area (Å²) in [6.07, 6.45) is 3.18. The Labute approximate surface area is 148 Å². The number of nitrogens with zero attached hydrogens (tertiary/aromatic N) is 4. The van der Waals surface area contributed by atoms with Crippen LogP contribution in [0.1, 0.15) is 18.5 Å². The van der Waals surface area contributed by atoms with E-state index in [2.05, 4.69) is 44.5 Å². The zero-order chi connectivity index (χ0) is 17.1. The minimum Gasteiger partial charge on any atom is -0.363 e. The Morgan fingerprint density at radius 1 is 1.16 bits per heavy atom. The summed E-state index contributed by atoms with van der Waals surface area (Å²) in [4.78, 5) is 12.9. The van der Waals surface area contributed by atoms with Gasteiger partial charge in [0.25, 0.3) is 5.89 Å². The molecule has 0 unspecified atom stereocenters. The first-order chi connectivity index (χ1) is 12.3. The van der Waals surface area contributed by atoms with Crippen molar-refractivity contribution in [3.05, 3.63) is 65.2 Å². The average molecular weight is 349 g/mol. The summed E-state index contributed by atoms with van der Waals surface area (Å²) in [5.41, 5.74) is 2.78. The molecule has 4 aromatic rings. The molecule has 0 amide bonds. The molecule has 25 heavy (non-hydrogen) atoms. The van der Waals surface area contributed by atoms with E-state index in [1.54, 1.807) is 17.5 Å². The Bertz CT molecular complexity index is 953. The van der Waals surface area contributed by atoms with Gasteiger partial charge in [-0.25, -0.2) is 9.97 Å². The van der Waals surface area contributed by atoms with Crippen molar-refractivity contribution in [2.45, 2.75) is 13.0 Å². The van der Waals surface area contributed by atoms with Gasteiger partial charge >= 0.3 is 0 Å². The van der Waals surface area contributed by atoms with Gasteiger partial charge in [0.15, 0.2) is 0 Å². The fraction of sp³-hybridized carbons (Fsp3) is 0.111. The molecule has 1 N–H and O–H groups in total. The molecule has 0 spiro atoms. The largest absolute Gasteiger partial charge is 0.363 e. The molecule has 0 aliphatic rings. The van der Waals surface area contributed by atoms with Crippen molar-refractivity contribution in [3.63, 3.8) is 0 Å². The van der Waals surface area contributed by atoms with Crippen LogP contribution < -0.4 is 5.32 Å². The van der Waals surface area contributed by atoms with Crippen LogP contribution in [0.3, 0.4) is 0 Å². The van der Waals surface area contributed by atoms with Crippen molar-refractivity contribution >= 4 is 17.2 Å². The molecule has 7 heteroatoms. The minimum atomic E-state index is 0.0779. The standard InChI is InChI=1S/C18H15N5OS/c1-12(13-5-3-2-4-6-13)21-17-15(9-19-11-20-17)18-22-16(23-24-18)14-7-8-25-10-14/h2-12H,1H3,(H,19,20,21)/t12-/m0/s1. The van der Waals surface area contributed by atoms with E-state index in [4.69, 9.17) is 4.52 Å². The van der Waals surface area contributed by atoms with Crippen LogP contribution in [0.4, 0.5) is 5.82 Å². The van der Waals surface area contributed by atoms with Crippen molar-refractivity contribution in [1.82, 2.24) is 20.1 Å². The number of rotatable bonds is 5. The van der Waals surface area contributed by atoms with E-state index in [1.165, 1.54) is 6.33 Å². The predicted molar refractivity (Wildman–Crippen MR) is 97.1 cm³/mol. The summed E-state index contributed by atoms with van der Waals surface area (Å²) in [6, 6.07) is 12.2. The zero-order valence-corrected chi connectivity index (χ0v) is 14.3. The summed E-state index contributed by atoms with van der Waals surface area (Å²) in [5.74, 6) is 1.61. The Kier molecular flexibility index (Phi) is 4.22. The molecule has 3 heterocycles. The zero-order valence-electron chi connectivity index (χ0n) is 13.5. The van der Waals surface area contributed by atoms with E-state index >= 15 is 0 Å². The Morgan fingerprint density at radius 2 is 2.04 bits per heavy atom. The Balaban J connectivity index is 1.63. The molecule has 4 rings (SSSR count). The summed E-state index contributed by atoms with van der Waals surface area (Å²) in [5, 5.41) is 11.4. The molecular formula is C18H15N5OS. The Morgan fingerprint density at radius 3 is 2.84 bits per heavy atom. The maximum absolute atomic E-state index is 5.43. The number of aromatic nitrogens is 4. The Hall–Kier alpha value is -3.06. The minimum absolute atomic E-state index is 0.0779. The highest BCUT2D eigenvalue weighted by Gasteiger charge is 2.17. The highest BCUT2D eigenvalue weighted by molar-refractivity contribution is 7.08. The highest BCUT2D eigenvalue weighted by Crippen LogP contribution is 2.29. The molecule has 1 aromatic carbocycles. The van der Waals surface area contributed by atoms with Gasteiger partial charge in [0.1, 0.15) is 17.7 Å². The second-order valence-electron chi connectivity index (χ2n) is 5.50. The number of anilines is 1. The average Bonchev–Trinajstić information content (AvgIpc) is 3.34. The molecule has 6 nitrogen and oxygen atoms in total. The molecular weight excluding hydrogens is 334 g/mol. The van der Waals surface area contributed by atoms with Gasteiger partial charge in [-0.2, -0.15) is 16.3 Å². The third-order valence-electron chi connectivity index (χ3n) is 3.80. The quantitative estimate of drug-likeness (QED) is 0.574. The monoisotopic (exact) mass is 349 g/mol. The van der Waals surface area contributed by atoms with E-state index in [-0.39, 0.29) is 6.04 Å². The fourth-order valence-corrected chi connectivity index (χ4v) is 3.11. The van der Waals surface area contributed by atoms with Gasteiger partial charge in [0.2, 0.25) is 5.82 Å². The van der Waals surface area contributed by atoms with Crippen LogP contribution in [0, 0.1) is 0 Å². The fourth-order valence-electron chi connectivity index (χ4n) is 2.47. The summed E-state index contributed by atoms with van der Waals surface area (Å²) >= 11 is 1.59. The SMILES string of the molecule is C[C@H](Nc1ncncc1-c1nc(-c2ccsc2)no1)c1ccccc1. The predicted octanol–water partition coefficient (Wildman–Crippen LogP) is 4.43. The lowest BCUT2D eigenvalue weighted by Gasteiger charge is -2.16. The first-order valence-electron chi connectivity index (χ1n) is 7.79. The van der Waals surface area contributed by atoms with Gasteiger partial charge in [-0.15, -0.1) is 0 Å². The maximum Gasteiger partial charge on any atom is 0.263 e. The molecule has 124 valence electrons. The lowest BCUT2D eigenvalue weighted by molar-refractivity contribution is 0.432. The smallest absolute Gasteiger partial charge is 0.263 e. The first kappa shape index (κ1) is 15.5. The third-order valence-corrected chi connectivity index (χ3v) is 4.48. The molecule has 0 aliphatic heterocycles. The molecule has 0 aliphatic carbocycles. The van der Waals surface area contributed by atoms with E-state index in [1.807, 2.05) is 35.0 Å². The van der Waals surface area contributed by atoms with Crippen molar-refractivity contribution in [2.75, 3.05) is 5.32 Å². The van der Waals surface area contributed by atoms with Crippen LogP contribution in [0.15, 0.2) is 64.2 Å². The number of nitrogens with one attached hydrogen (secondary N) is 1. The number of hydrogen-bond donors (Lipinski definition) is 1. The number of benzene rings is 1. The summed E-state index contributed by atoms with van der Waals surface area (Å²) < 4.78 is 5.43. The topological polar surface area (TPSA) is 76.7 Å². The lowest BCUT2D eigenvalue weighted by Crippen LogP contribution is -2.09. The highest BCUT2D eigenvalue weighted by atomic mass is 32.1. The van der Waals surface area contributed by atoms with Crippen LogP contribution in [0.5, 0.6) is 0 Å². The van der Waals surface area contributed by atoms with Gasteiger partial charge < -0.3 is 9.84 Å². The van der Waals surface area contributed by atoms with Gasteiger partial charge in [0, 0.05) is 23.2 Å². The van der Waals surface area contributed by atoms with Crippen LogP contribution in [-0.4, -0.2) is 20.1 Å². The molecule has 0 saturated heterocycles. The third kappa shape index (κ3) is 3.27. The van der Waals surface area contributed by atoms with Gasteiger partial charge in [-0.3, -0.25) is 0 Å². The second-order valence-corrected chi connectivity index (χ2v) is 6.28. The van der Waals surface area contributed by atoms with Crippen LogP contribution in [0.25, 0.3) is 22.8 Å². The molecule has 0 radical (unpaired) electrons. The van der Waals surface area contributed by atoms with Gasteiger partial charge in [-0.05, 0) is 23.9 Å². The van der Waals surface area contributed by atoms with Gasteiger partial charge in [-0.1, -0.05) is 35.5 Å². The normalized spacial score (nSPS) is 12.0. The van der Waals surface area contributed by atoms with Crippen LogP contribution in [-0.2, 0) is 0 Å². The van der Waals surface area contributed by atoms with Crippen molar-refractivity contribution in [1.29, 1.82) is 0 Å². The van der Waals surface area contributed by atoms with Crippen molar-refractivity contribution < 1.29 is 4.52 Å². The van der Waals surface area contributed by atoms with E-state index in [0.29, 0.717) is 23.1 Å². The summed E-state index contributed by atoms with van der Waals surface area (Å²) in [6.45, 7) is 2.08. The van der Waals surface area contributed by atoms with E-state index in [9.17, 15) is 0 Å². The molecule has 0 bridgehead atoms. The number of hydrogen-bond acceptors (Lipinski definition) is 7. The lowest BCUT2D eigenvalue weighted by atomic mass is 10.1. The van der Waals surface area contributed by atoms with Crippen LogP contribution >= 0.6 is 11.3 Å². The summed E-state index contributed by atoms with van der Waals surface area (Å²) in [7, 11) is 0. The maximum atomic E-state index is 5.43. The number of thiophene rings is 1. The molecule has 3 aromatic heterocycles. The van der Waals surface area contributed by atoms with Crippen molar-refractivity contribution in [3.8, 4) is 22.8 Å². The van der Waals surface area contributed by atoms with Crippen molar-refractivity contribution in [2.24, 2.45) is 0 Å². The first-order valence-corrected chi connectivity index (χ1v) is 8.73. The van der Waals surface area contributed by atoms with E-state index in [0.717, 1.165) is 11.1 Å². The molecule has 1 atom stereocenters. The van der Waals surface area contributed by atoms with Gasteiger partial charge in [0.05, 0.1) is 0 Å². The molecule has 0 saturated carbocycles.